The second-order valence-corrected chi connectivity index (χ2v) is 6.23. The first-order valence-electron chi connectivity index (χ1n) is 6.80. The number of amides is 1. The number of rotatable bonds is 5. The Balaban J connectivity index is 1.69. The van der Waals surface area contributed by atoms with Gasteiger partial charge in [0.15, 0.2) is 0 Å². The van der Waals surface area contributed by atoms with E-state index in [-0.39, 0.29) is 5.91 Å². The van der Waals surface area contributed by atoms with E-state index in [1.807, 2.05) is 48.7 Å². The highest BCUT2D eigenvalue weighted by molar-refractivity contribution is 7.20. The van der Waals surface area contributed by atoms with E-state index in [1.165, 1.54) is 11.3 Å². The third-order valence-corrected chi connectivity index (χ3v) is 4.77. The largest absolute Gasteiger partial charge is 0.494 e. The molecule has 0 radical (unpaired) electrons. The van der Waals surface area contributed by atoms with Gasteiger partial charge in [-0.05, 0) is 42.6 Å². The molecular weight excluding hydrogens is 316 g/mol. The van der Waals surface area contributed by atoms with Crippen molar-refractivity contribution in [3.63, 3.8) is 0 Å². The molecule has 3 aromatic rings. The van der Waals surface area contributed by atoms with Crippen molar-refractivity contribution in [1.82, 2.24) is 4.98 Å². The van der Waals surface area contributed by atoms with E-state index in [1.54, 1.807) is 16.7 Å². The fourth-order valence-electron chi connectivity index (χ4n) is 1.89. The van der Waals surface area contributed by atoms with E-state index in [2.05, 4.69) is 10.3 Å². The van der Waals surface area contributed by atoms with Crippen LogP contribution in [0.1, 0.15) is 17.4 Å². The number of carbonyl (C=O) groups excluding carboxylic acids is 1. The topological polar surface area (TPSA) is 51.2 Å². The smallest absolute Gasteiger partial charge is 0.275 e. The molecule has 22 heavy (non-hydrogen) atoms. The second-order valence-electron chi connectivity index (χ2n) is 4.43. The molecule has 0 aliphatic rings. The Morgan fingerprint density at radius 3 is 2.73 bits per heavy atom. The molecule has 2 aromatic heterocycles. The van der Waals surface area contributed by atoms with Crippen LogP contribution in [-0.2, 0) is 0 Å². The lowest BCUT2D eigenvalue weighted by atomic mass is 10.3. The zero-order valence-corrected chi connectivity index (χ0v) is 13.5. The number of benzene rings is 1. The molecule has 0 saturated carbocycles. The first-order chi connectivity index (χ1) is 10.8. The van der Waals surface area contributed by atoms with Crippen molar-refractivity contribution in [2.45, 2.75) is 6.92 Å². The first kappa shape index (κ1) is 14.7. The predicted octanol–water partition coefficient (Wildman–Crippen LogP) is 4.52. The van der Waals surface area contributed by atoms with E-state index < -0.39 is 0 Å². The Hall–Kier alpha value is -2.18. The normalized spacial score (nSPS) is 10.4. The molecule has 0 atom stereocenters. The minimum Gasteiger partial charge on any atom is -0.494 e. The molecule has 0 fully saturated rings. The maximum absolute atomic E-state index is 12.2. The van der Waals surface area contributed by atoms with Crippen LogP contribution >= 0.6 is 22.7 Å². The van der Waals surface area contributed by atoms with Gasteiger partial charge in [-0.1, -0.05) is 6.07 Å². The number of thiazole rings is 1. The maximum Gasteiger partial charge on any atom is 0.275 e. The lowest BCUT2D eigenvalue weighted by molar-refractivity contribution is 0.102. The van der Waals surface area contributed by atoms with E-state index in [0.717, 1.165) is 21.3 Å². The van der Waals surface area contributed by atoms with Crippen LogP contribution in [0.4, 0.5) is 5.69 Å². The third-order valence-electron chi connectivity index (χ3n) is 2.89. The van der Waals surface area contributed by atoms with Crippen LogP contribution in [0.2, 0.25) is 0 Å². The lowest BCUT2D eigenvalue weighted by Gasteiger charge is -2.05. The molecule has 1 aromatic carbocycles. The van der Waals surface area contributed by atoms with Crippen molar-refractivity contribution in [1.29, 1.82) is 0 Å². The zero-order valence-electron chi connectivity index (χ0n) is 11.9. The van der Waals surface area contributed by atoms with Gasteiger partial charge in [-0.2, -0.15) is 0 Å². The zero-order chi connectivity index (χ0) is 15.4. The van der Waals surface area contributed by atoms with Crippen molar-refractivity contribution < 1.29 is 9.53 Å². The van der Waals surface area contributed by atoms with Gasteiger partial charge in [-0.15, -0.1) is 22.7 Å². The van der Waals surface area contributed by atoms with Gasteiger partial charge in [0.05, 0.1) is 11.5 Å². The molecule has 3 rings (SSSR count). The van der Waals surface area contributed by atoms with Gasteiger partial charge < -0.3 is 10.1 Å². The molecule has 0 aliphatic heterocycles. The van der Waals surface area contributed by atoms with Crippen LogP contribution in [0.15, 0.2) is 47.2 Å². The summed E-state index contributed by atoms with van der Waals surface area (Å²) in [5, 5.41) is 7.48. The summed E-state index contributed by atoms with van der Waals surface area (Å²) in [5.41, 5.74) is 1.15. The first-order valence-corrected chi connectivity index (χ1v) is 8.56. The molecule has 0 saturated heterocycles. The van der Waals surface area contributed by atoms with Crippen LogP contribution in [0.5, 0.6) is 5.75 Å². The lowest BCUT2D eigenvalue weighted by Crippen LogP contribution is -2.12. The molecule has 1 amide bonds. The Kier molecular flexibility index (Phi) is 4.50. The summed E-state index contributed by atoms with van der Waals surface area (Å²) in [4.78, 5) is 17.7. The summed E-state index contributed by atoms with van der Waals surface area (Å²) in [6.45, 7) is 2.55. The summed E-state index contributed by atoms with van der Waals surface area (Å²) in [6.07, 6.45) is 0. The van der Waals surface area contributed by atoms with Crippen LogP contribution in [0.25, 0.3) is 9.88 Å². The molecule has 4 nitrogen and oxygen atoms in total. The van der Waals surface area contributed by atoms with E-state index in [0.29, 0.717) is 12.3 Å². The second kappa shape index (κ2) is 6.72. The minimum absolute atomic E-state index is 0.205. The van der Waals surface area contributed by atoms with Crippen molar-refractivity contribution in [2.24, 2.45) is 0 Å². The monoisotopic (exact) mass is 330 g/mol. The van der Waals surface area contributed by atoms with Crippen LogP contribution < -0.4 is 10.1 Å². The Labute approximate surface area is 136 Å². The molecule has 0 bridgehead atoms. The van der Waals surface area contributed by atoms with Gasteiger partial charge in [-0.3, -0.25) is 4.79 Å². The van der Waals surface area contributed by atoms with Crippen molar-refractivity contribution in [3.05, 3.63) is 52.9 Å². The SMILES string of the molecule is CCOc1ccc(NC(=O)c2csc(-c3cccs3)n2)cc1. The molecule has 112 valence electrons. The number of ether oxygens (including phenoxy) is 1. The predicted molar refractivity (Wildman–Crippen MR) is 91.0 cm³/mol. The average Bonchev–Trinajstić information content (AvgIpc) is 3.20. The third kappa shape index (κ3) is 3.35. The summed E-state index contributed by atoms with van der Waals surface area (Å²) in [6, 6.07) is 11.3. The molecule has 6 heteroatoms. The fraction of sp³-hybridized carbons (Fsp3) is 0.125. The standard InChI is InChI=1S/C16H14N2O2S2/c1-2-20-12-7-5-11(6-8-12)17-15(19)13-10-22-16(18-13)14-4-3-9-21-14/h3-10H,2H2,1H3,(H,17,19). The number of aromatic nitrogens is 1. The van der Waals surface area contributed by atoms with Crippen LogP contribution in [0.3, 0.4) is 0 Å². The number of nitrogens with zero attached hydrogens (tertiary/aromatic N) is 1. The van der Waals surface area contributed by atoms with E-state index in [9.17, 15) is 4.79 Å². The summed E-state index contributed by atoms with van der Waals surface area (Å²) in [5.74, 6) is 0.581. The summed E-state index contributed by atoms with van der Waals surface area (Å²) in [7, 11) is 0. The van der Waals surface area contributed by atoms with Gasteiger partial charge in [0.1, 0.15) is 16.5 Å². The van der Waals surface area contributed by atoms with Crippen LogP contribution in [0, 0.1) is 0 Å². The molecule has 0 unspecified atom stereocenters. The number of carbonyl (C=O) groups is 1. The number of hydrogen-bond donors (Lipinski definition) is 1. The van der Waals surface area contributed by atoms with Crippen LogP contribution in [-0.4, -0.2) is 17.5 Å². The molecule has 2 heterocycles. The maximum atomic E-state index is 12.2. The number of hydrogen-bond acceptors (Lipinski definition) is 5. The highest BCUT2D eigenvalue weighted by Crippen LogP contribution is 2.28. The summed E-state index contributed by atoms with van der Waals surface area (Å²) < 4.78 is 5.37. The molecule has 1 N–H and O–H groups in total. The van der Waals surface area contributed by atoms with E-state index >= 15 is 0 Å². The van der Waals surface area contributed by atoms with Gasteiger partial charge in [0.25, 0.3) is 5.91 Å². The Morgan fingerprint density at radius 1 is 1.23 bits per heavy atom. The molecule has 0 aliphatic carbocycles. The van der Waals surface area contributed by atoms with Crippen molar-refractivity contribution in [3.8, 4) is 15.6 Å². The van der Waals surface area contributed by atoms with Gasteiger partial charge >= 0.3 is 0 Å². The number of thiophene rings is 1. The highest BCUT2D eigenvalue weighted by atomic mass is 32.1. The van der Waals surface area contributed by atoms with Crippen molar-refractivity contribution in [2.75, 3.05) is 11.9 Å². The minimum atomic E-state index is -0.205. The summed E-state index contributed by atoms with van der Waals surface area (Å²) >= 11 is 3.09. The van der Waals surface area contributed by atoms with Gasteiger partial charge in [-0.25, -0.2) is 4.98 Å². The van der Waals surface area contributed by atoms with E-state index in [4.69, 9.17) is 4.74 Å². The average molecular weight is 330 g/mol. The van der Waals surface area contributed by atoms with Crippen molar-refractivity contribution >= 4 is 34.3 Å². The fourth-order valence-corrected chi connectivity index (χ4v) is 3.50. The molecular formula is C16H14N2O2S2. The molecule has 0 spiro atoms. The number of anilines is 1. The number of nitrogens with one attached hydrogen (secondary N) is 1. The van der Waals surface area contributed by atoms with Gasteiger partial charge in [0.2, 0.25) is 0 Å². The quantitative estimate of drug-likeness (QED) is 0.748. The Bertz CT molecular complexity index is 749. The highest BCUT2D eigenvalue weighted by Gasteiger charge is 2.12. The van der Waals surface area contributed by atoms with Gasteiger partial charge in [0, 0.05) is 11.1 Å². The Morgan fingerprint density at radius 2 is 2.05 bits per heavy atom.